The second-order valence-electron chi connectivity index (χ2n) is 5.24. The number of aryl methyl sites for hydroxylation is 1. The maximum absolute atomic E-state index is 3.71. The van der Waals surface area contributed by atoms with Crippen LogP contribution in [0.1, 0.15) is 11.1 Å². The van der Waals surface area contributed by atoms with Gasteiger partial charge < -0.3 is 0 Å². The Bertz CT molecular complexity index is 532. The molecule has 0 unspecified atom stereocenters. The molecule has 0 saturated heterocycles. The van der Waals surface area contributed by atoms with E-state index in [9.17, 15) is 0 Å². The maximum Gasteiger partial charge on any atom is 0.147 e. The van der Waals surface area contributed by atoms with E-state index in [1.54, 1.807) is 0 Å². The van der Waals surface area contributed by atoms with Gasteiger partial charge in [0.15, 0.2) is 0 Å². The Morgan fingerprint density at radius 1 is 0.944 bits per heavy atom. The molecule has 0 aliphatic rings. The summed E-state index contributed by atoms with van der Waals surface area (Å²) in [5, 5.41) is 0. The van der Waals surface area contributed by atoms with Crippen molar-refractivity contribution in [1.82, 2.24) is 4.48 Å². The van der Waals surface area contributed by atoms with Crippen molar-refractivity contribution in [3.8, 4) is 0 Å². The third-order valence-corrected chi connectivity index (χ3v) is 4.28. The number of hydrogen-bond donors (Lipinski definition) is 0. The minimum absolute atomic E-state index is 0.840. The van der Waals surface area contributed by atoms with Crippen LogP contribution in [-0.4, -0.2) is 14.1 Å². The number of benzene rings is 2. The zero-order chi connectivity index (χ0) is 13.2. The topological polar surface area (TPSA) is 0 Å². The predicted molar refractivity (Wildman–Crippen MR) is 82.7 cm³/mol. The standard InChI is InChI=1S/C16H19BrN/c1-13-8-7-11-15(16(13)17)18(2,3)12-14-9-5-4-6-10-14/h4-11H,12H2,1-3H3/q+1. The van der Waals surface area contributed by atoms with Gasteiger partial charge in [0.1, 0.15) is 12.2 Å². The summed E-state index contributed by atoms with van der Waals surface area (Å²) in [5.74, 6) is 0. The van der Waals surface area contributed by atoms with E-state index in [1.165, 1.54) is 21.3 Å². The first-order chi connectivity index (χ1) is 8.50. The summed E-state index contributed by atoms with van der Waals surface area (Å²) in [4.78, 5) is 0. The van der Waals surface area contributed by atoms with Crippen LogP contribution in [0.25, 0.3) is 0 Å². The van der Waals surface area contributed by atoms with Gasteiger partial charge >= 0.3 is 0 Å². The van der Waals surface area contributed by atoms with Crippen molar-refractivity contribution in [2.45, 2.75) is 13.5 Å². The van der Waals surface area contributed by atoms with Gasteiger partial charge in [0.2, 0.25) is 0 Å². The highest BCUT2D eigenvalue weighted by atomic mass is 79.9. The van der Waals surface area contributed by atoms with Crippen molar-refractivity contribution < 1.29 is 0 Å². The SMILES string of the molecule is Cc1cccc([N+](C)(C)Cc2ccccc2)c1Br. The van der Waals surface area contributed by atoms with Crippen LogP contribution in [0, 0.1) is 6.92 Å². The average Bonchev–Trinajstić information content (AvgIpc) is 2.33. The van der Waals surface area contributed by atoms with Crippen molar-refractivity contribution in [1.29, 1.82) is 0 Å². The van der Waals surface area contributed by atoms with E-state index in [1.807, 2.05) is 0 Å². The Morgan fingerprint density at radius 2 is 1.61 bits per heavy atom. The fraction of sp³-hybridized carbons (Fsp3) is 0.250. The molecule has 0 heterocycles. The Labute approximate surface area is 118 Å². The zero-order valence-electron chi connectivity index (χ0n) is 11.2. The first-order valence-electron chi connectivity index (χ1n) is 6.13. The van der Waals surface area contributed by atoms with Crippen molar-refractivity contribution in [2.24, 2.45) is 0 Å². The highest BCUT2D eigenvalue weighted by Crippen LogP contribution is 2.33. The van der Waals surface area contributed by atoms with Crippen LogP contribution in [0.3, 0.4) is 0 Å². The van der Waals surface area contributed by atoms with Gasteiger partial charge in [0.05, 0.1) is 18.6 Å². The molecule has 0 atom stereocenters. The lowest BCUT2D eigenvalue weighted by Crippen LogP contribution is -2.39. The molecular formula is C16H19BrN+. The Morgan fingerprint density at radius 3 is 2.28 bits per heavy atom. The molecule has 0 N–H and O–H groups in total. The molecule has 2 rings (SSSR count). The molecule has 0 saturated carbocycles. The van der Waals surface area contributed by atoms with E-state index in [-0.39, 0.29) is 0 Å². The highest BCUT2D eigenvalue weighted by molar-refractivity contribution is 9.10. The second kappa shape index (κ2) is 5.25. The Balaban J connectivity index is 2.33. The summed E-state index contributed by atoms with van der Waals surface area (Å²) < 4.78 is 2.05. The van der Waals surface area contributed by atoms with Crippen LogP contribution in [0.5, 0.6) is 0 Å². The highest BCUT2D eigenvalue weighted by Gasteiger charge is 2.23. The number of hydrogen-bond acceptors (Lipinski definition) is 0. The van der Waals surface area contributed by atoms with Crippen LogP contribution < -0.4 is 4.48 Å². The van der Waals surface area contributed by atoms with Crippen LogP contribution in [0.15, 0.2) is 53.0 Å². The van der Waals surface area contributed by atoms with E-state index in [4.69, 9.17) is 0 Å². The van der Waals surface area contributed by atoms with Gasteiger partial charge in [0, 0.05) is 11.6 Å². The molecule has 0 spiro atoms. The molecule has 2 heteroatoms. The fourth-order valence-electron chi connectivity index (χ4n) is 2.22. The summed E-state index contributed by atoms with van der Waals surface area (Å²) in [6.07, 6.45) is 0. The van der Waals surface area contributed by atoms with Crippen molar-refractivity contribution in [3.63, 3.8) is 0 Å². The van der Waals surface area contributed by atoms with E-state index in [0.29, 0.717) is 0 Å². The molecule has 0 radical (unpaired) electrons. The quantitative estimate of drug-likeness (QED) is 0.731. The molecule has 0 fully saturated rings. The molecule has 0 aromatic heterocycles. The molecule has 0 amide bonds. The van der Waals surface area contributed by atoms with Gasteiger partial charge in [-0.2, -0.15) is 0 Å². The lowest BCUT2D eigenvalue weighted by atomic mass is 10.1. The van der Waals surface area contributed by atoms with Gasteiger partial charge in [-0.25, -0.2) is 0 Å². The molecular weight excluding hydrogens is 286 g/mol. The van der Waals surface area contributed by atoms with E-state index < -0.39 is 0 Å². The van der Waals surface area contributed by atoms with Crippen LogP contribution in [0.2, 0.25) is 0 Å². The summed E-state index contributed by atoms with van der Waals surface area (Å²) in [6, 6.07) is 17.1. The number of quaternary nitrogens is 1. The minimum Gasteiger partial charge on any atom is -0.291 e. The summed E-state index contributed by atoms with van der Waals surface area (Å²) in [5.41, 5.74) is 3.96. The first-order valence-corrected chi connectivity index (χ1v) is 6.92. The third-order valence-electron chi connectivity index (χ3n) is 3.24. The fourth-order valence-corrected chi connectivity index (χ4v) is 2.97. The van der Waals surface area contributed by atoms with Crippen molar-refractivity contribution in [2.75, 3.05) is 14.1 Å². The summed E-state index contributed by atoms with van der Waals surface area (Å²) >= 11 is 3.71. The number of rotatable bonds is 3. The summed E-state index contributed by atoms with van der Waals surface area (Å²) in [6.45, 7) is 3.12. The largest absolute Gasteiger partial charge is 0.291 e. The summed E-state index contributed by atoms with van der Waals surface area (Å²) in [7, 11) is 4.49. The predicted octanol–water partition coefficient (Wildman–Crippen LogP) is 4.52. The average molecular weight is 305 g/mol. The molecule has 18 heavy (non-hydrogen) atoms. The lowest BCUT2D eigenvalue weighted by Gasteiger charge is -2.30. The number of nitrogens with zero attached hydrogens (tertiary/aromatic N) is 1. The minimum atomic E-state index is 0.840. The zero-order valence-corrected chi connectivity index (χ0v) is 12.7. The Kier molecular flexibility index (Phi) is 3.88. The molecule has 94 valence electrons. The van der Waals surface area contributed by atoms with E-state index in [0.717, 1.165) is 11.0 Å². The first kappa shape index (κ1) is 13.3. The molecule has 0 bridgehead atoms. The lowest BCUT2D eigenvalue weighted by molar-refractivity contribution is 0.390. The van der Waals surface area contributed by atoms with E-state index in [2.05, 4.69) is 85.5 Å². The van der Waals surface area contributed by atoms with Gasteiger partial charge in [-0.3, -0.25) is 4.48 Å². The van der Waals surface area contributed by atoms with Crippen LogP contribution in [0.4, 0.5) is 5.69 Å². The van der Waals surface area contributed by atoms with Gasteiger partial charge in [-0.1, -0.05) is 42.5 Å². The molecule has 2 aromatic carbocycles. The Hall–Kier alpha value is -1.12. The van der Waals surface area contributed by atoms with Crippen molar-refractivity contribution >= 4 is 21.6 Å². The second-order valence-corrected chi connectivity index (χ2v) is 6.03. The number of halogens is 1. The van der Waals surface area contributed by atoms with Gasteiger partial charge in [0.25, 0.3) is 0 Å². The van der Waals surface area contributed by atoms with Crippen LogP contribution >= 0.6 is 15.9 Å². The smallest absolute Gasteiger partial charge is 0.147 e. The van der Waals surface area contributed by atoms with Crippen molar-refractivity contribution in [3.05, 3.63) is 64.1 Å². The van der Waals surface area contributed by atoms with Crippen LogP contribution in [-0.2, 0) is 6.54 Å². The normalized spacial score (nSPS) is 11.6. The van der Waals surface area contributed by atoms with Gasteiger partial charge in [-0.05, 0) is 28.4 Å². The monoisotopic (exact) mass is 304 g/mol. The molecule has 1 nitrogen and oxygen atoms in total. The van der Waals surface area contributed by atoms with E-state index >= 15 is 0 Å². The molecule has 0 aliphatic heterocycles. The molecule has 0 aliphatic carbocycles. The molecule has 2 aromatic rings. The third kappa shape index (κ3) is 2.82. The van der Waals surface area contributed by atoms with Gasteiger partial charge in [-0.15, -0.1) is 0 Å². The maximum atomic E-state index is 3.71.